The predicted octanol–water partition coefficient (Wildman–Crippen LogP) is -0.671. The molecule has 1 amide bonds. The van der Waals surface area contributed by atoms with Crippen molar-refractivity contribution in [2.24, 2.45) is 0 Å². The number of amides is 1. The summed E-state index contributed by atoms with van der Waals surface area (Å²) in [6.45, 7) is 5.08. The maximum absolute atomic E-state index is 11.6. The van der Waals surface area contributed by atoms with Crippen LogP contribution in [0.4, 0.5) is 0 Å². The zero-order chi connectivity index (χ0) is 12.1. The number of β-amino-alcohol motifs (C(OH)–C–C–N with tert-alkyl or cyclic N) is 2. The summed E-state index contributed by atoms with van der Waals surface area (Å²) in [5.41, 5.74) is 0. The Morgan fingerprint density at radius 2 is 1.81 bits per heavy atom. The maximum atomic E-state index is 11.6. The third-order valence-corrected chi connectivity index (χ3v) is 3.05. The Morgan fingerprint density at radius 3 is 2.25 bits per heavy atom. The molecule has 1 aliphatic rings. The van der Waals surface area contributed by atoms with Gasteiger partial charge in [-0.15, -0.1) is 0 Å². The van der Waals surface area contributed by atoms with Crippen LogP contribution in [0.2, 0.25) is 0 Å². The summed E-state index contributed by atoms with van der Waals surface area (Å²) in [4.78, 5) is 13.4. The Bertz CT molecular complexity index is 221. The first-order chi connectivity index (χ1) is 7.56. The van der Waals surface area contributed by atoms with Gasteiger partial charge >= 0.3 is 0 Å². The number of rotatable bonds is 5. The molecule has 5 nitrogen and oxygen atoms in total. The molecule has 0 aromatic carbocycles. The summed E-state index contributed by atoms with van der Waals surface area (Å²) >= 11 is 0. The fourth-order valence-electron chi connectivity index (χ4n) is 1.95. The zero-order valence-electron chi connectivity index (χ0n) is 10.0. The van der Waals surface area contributed by atoms with Crippen molar-refractivity contribution < 1.29 is 15.0 Å². The number of aliphatic hydroxyl groups excluding tert-OH is 2. The Labute approximate surface area is 96.4 Å². The standard InChI is InChI=1S/C11H22N2O3/c1-3-8(4-2)12-11(16)7-13-5-9(14)10(15)6-13/h8-10,14-15H,3-7H2,1-2H3,(H,12,16)/t9-,10+. The van der Waals surface area contributed by atoms with Gasteiger partial charge in [-0.25, -0.2) is 0 Å². The van der Waals surface area contributed by atoms with Crippen LogP contribution >= 0.6 is 0 Å². The van der Waals surface area contributed by atoms with Gasteiger partial charge in [0, 0.05) is 19.1 Å². The molecule has 3 N–H and O–H groups in total. The van der Waals surface area contributed by atoms with E-state index in [0.717, 1.165) is 12.8 Å². The van der Waals surface area contributed by atoms with Crippen molar-refractivity contribution in [1.29, 1.82) is 0 Å². The van der Waals surface area contributed by atoms with E-state index >= 15 is 0 Å². The third-order valence-electron chi connectivity index (χ3n) is 3.05. The molecule has 0 aromatic heterocycles. The van der Waals surface area contributed by atoms with Crippen LogP contribution in [-0.2, 0) is 4.79 Å². The third kappa shape index (κ3) is 3.73. The van der Waals surface area contributed by atoms with Gasteiger partial charge in [-0.2, -0.15) is 0 Å². The van der Waals surface area contributed by atoms with Crippen LogP contribution in [0.15, 0.2) is 0 Å². The molecule has 16 heavy (non-hydrogen) atoms. The van der Waals surface area contributed by atoms with Crippen LogP contribution in [0.1, 0.15) is 26.7 Å². The van der Waals surface area contributed by atoms with Crippen molar-refractivity contribution in [3.63, 3.8) is 0 Å². The normalized spacial score (nSPS) is 26.3. The Balaban J connectivity index is 2.29. The number of carbonyl (C=O) groups excluding carboxylic acids is 1. The van der Waals surface area contributed by atoms with E-state index in [0.29, 0.717) is 13.1 Å². The molecule has 1 heterocycles. The topological polar surface area (TPSA) is 72.8 Å². The van der Waals surface area contributed by atoms with E-state index < -0.39 is 12.2 Å². The summed E-state index contributed by atoms with van der Waals surface area (Å²) in [5, 5.41) is 21.6. The monoisotopic (exact) mass is 230 g/mol. The van der Waals surface area contributed by atoms with E-state index in [1.165, 1.54) is 0 Å². The lowest BCUT2D eigenvalue weighted by Crippen LogP contribution is -2.41. The molecule has 0 spiro atoms. The second-order valence-corrected chi connectivity index (χ2v) is 4.41. The molecule has 1 rings (SSSR count). The summed E-state index contributed by atoms with van der Waals surface area (Å²) in [6.07, 6.45) is 0.406. The van der Waals surface area contributed by atoms with Crippen LogP contribution < -0.4 is 5.32 Å². The molecular weight excluding hydrogens is 208 g/mol. The van der Waals surface area contributed by atoms with E-state index in [-0.39, 0.29) is 18.5 Å². The second kappa shape index (κ2) is 6.18. The van der Waals surface area contributed by atoms with Gasteiger partial charge in [0.2, 0.25) is 5.91 Å². The first-order valence-corrected chi connectivity index (χ1v) is 5.94. The number of likely N-dealkylation sites (tertiary alicyclic amines) is 1. The number of carbonyl (C=O) groups is 1. The molecule has 1 saturated heterocycles. The van der Waals surface area contributed by atoms with Gasteiger partial charge in [-0.05, 0) is 12.8 Å². The molecule has 2 atom stereocenters. The van der Waals surface area contributed by atoms with Crippen LogP contribution in [0, 0.1) is 0 Å². The lowest BCUT2D eigenvalue weighted by atomic mass is 10.2. The first-order valence-electron chi connectivity index (χ1n) is 5.94. The van der Waals surface area contributed by atoms with Crippen molar-refractivity contribution in [3.05, 3.63) is 0 Å². The van der Waals surface area contributed by atoms with E-state index in [1.54, 1.807) is 4.90 Å². The van der Waals surface area contributed by atoms with Crippen LogP contribution in [0.3, 0.4) is 0 Å². The molecule has 0 aromatic rings. The van der Waals surface area contributed by atoms with Crippen LogP contribution in [0.25, 0.3) is 0 Å². The van der Waals surface area contributed by atoms with Crippen LogP contribution in [0.5, 0.6) is 0 Å². The summed E-state index contributed by atoms with van der Waals surface area (Å²) in [7, 11) is 0. The number of aliphatic hydroxyl groups is 2. The molecular formula is C11H22N2O3. The van der Waals surface area contributed by atoms with Crippen LogP contribution in [-0.4, -0.2) is 58.9 Å². The van der Waals surface area contributed by atoms with Gasteiger partial charge in [0.05, 0.1) is 18.8 Å². The smallest absolute Gasteiger partial charge is 0.234 e. The van der Waals surface area contributed by atoms with Crippen molar-refractivity contribution in [3.8, 4) is 0 Å². The van der Waals surface area contributed by atoms with Crippen molar-refractivity contribution in [2.75, 3.05) is 19.6 Å². The highest BCUT2D eigenvalue weighted by molar-refractivity contribution is 5.78. The molecule has 5 heteroatoms. The Hall–Kier alpha value is -0.650. The molecule has 0 unspecified atom stereocenters. The molecule has 94 valence electrons. The summed E-state index contributed by atoms with van der Waals surface area (Å²) in [6, 6.07) is 0.227. The minimum atomic E-state index is -0.721. The van der Waals surface area contributed by atoms with Crippen molar-refractivity contribution >= 4 is 5.91 Å². The average molecular weight is 230 g/mol. The van der Waals surface area contributed by atoms with Crippen molar-refractivity contribution in [1.82, 2.24) is 10.2 Å². The highest BCUT2D eigenvalue weighted by Crippen LogP contribution is 2.09. The fraction of sp³-hybridized carbons (Fsp3) is 0.909. The number of nitrogens with one attached hydrogen (secondary N) is 1. The van der Waals surface area contributed by atoms with Gasteiger partial charge in [0.1, 0.15) is 0 Å². The lowest BCUT2D eigenvalue weighted by molar-refractivity contribution is -0.122. The van der Waals surface area contributed by atoms with Crippen molar-refractivity contribution in [2.45, 2.75) is 44.9 Å². The van der Waals surface area contributed by atoms with Gasteiger partial charge in [-0.1, -0.05) is 13.8 Å². The molecule has 0 bridgehead atoms. The quantitative estimate of drug-likeness (QED) is 0.585. The van der Waals surface area contributed by atoms with E-state index in [1.807, 2.05) is 13.8 Å². The number of hydrogen-bond donors (Lipinski definition) is 3. The molecule has 1 aliphatic heterocycles. The van der Waals surface area contributed by atoms with E-state index in [9.17, 15) is 15.0 Å². The summed E-state index contributed by atoms with van der Waals surface area (Å²) < 4.78 is 0. The Kier molecular flexibility index (Phi) is 5.18. The predicted molar refractivity (Wildman–Crippen MR) is 61.0 cm³/mol. The molecule has 0 aliphatic carbocycles. The van der Waals surface area contributed by atoms with E-state index in [4.69, 9.17) is 0 Å². The van der Waals surface area contributed by atoms with Gasteiger partial charge in [0.15, 0.2) is 0 Å². The minimum Gasteiger partial charge on any atom is -0.389 e. The van der Waals surface area contributed by atoms with E-state index in [2.05, 4.69) is 5.32 Å². The molecule has 1 fully saturated rings. The first kappa shape index (κ1) is 13.4. The van der Waals surface area contributed by atoms with Gasteiger partial charge < -0.3 is 15.5 Å². The highest BCUT2D eigenvalue weighted by atomic mass is 16.3. The fourth-order valence-corrected chi connectivity index (χ4v) is 1.95. The number of hydrogen-bond acceptors (Lipinski definition) is 4. The van der Waals surface area contributed by atoms with Gasteiger partial charge in [-0.3, -0.25) is 9.69 Å². The largest absolute Gasteiger partial charge is 0.389 e. The maximum Gasteiger partial charge on any atom is 0.234 e. The number of nitrogens with zero attached hydrogens (tertiary/aromatic N) is 1. The molecule has 0 saturated carbocycles. The highest BCUT2D eigenvalue weighted by Gasteiger charge is 2.30. The summed E-state index contributed by atoms with van der Waals surface area (Å²) in [5.74, 6) is -0.0324. The average Bonchev–Trinajstić information content (AvgIpc) is 2.54. The lowest BCUT2D eigenvalue weighted by Gasteiger charge is -2.18. The zero-order valence-corrected chi connectivity index (χ0v) is 10.0. The second-order valence-electron chi connectivity index (χ2n) is 4.41. The minimum absolute atomic E-state index is 0.0324. The Morgan fingerprint density at radius 1 is 1.31 bits per heavy atom. The molecule has 0 radical (unpaired) electrons. The van der Waals surface area contributed by atoms with Gasteiger partial charge in [0.25, 0.3) is 0 Å². The SMILES string of the molecule is CCC(CC)NC(=O)CN1C[C@@H](O)[C@@H](O)C1.